The summed E-state index contributed by atoms with van der Waals surface area (Å²) < 4.78 is 32.2. The van der Waals surface area contributed by atoms with E-state index >= 15 is 0 Å². The number of fused-ring (bicyclic) bond motifs is 1. The molecule has 250 valence electrons. The van der Waals surface area contributed by atoms with Crippen molar-refractivity contribution in [2.45, 2.75) is 90.5 Å². The van der Waals surface area contributed by atoms with Crippen molar-refractivity contribution in [3.8, 4) is 11.5 Å². The van der Waals surface area contributed by atoms with Crippen LogP contribution >= 0.6 is 11.3 Å². The number of nitrogens with zero attached hydrogens (tertiary/aromatic N) is 1. The Morgan fingerprint density at radius 2 is 1.66 bits per heavy atom. The van der Waals surface area contributed by atoms with Crippen LogP contribution in [0, 0.1) is 5.92 Å². The molecule has 0 aliphatic heterocycles. The molecule has 10 heteroatoms. The summed E-state index contributed by atoms with van der Waals surface area (Å²) in [7, 11) is -3.83. The van der Waals surface area contributed by atoms with Gasteiger partial charge in [0, 0.05) is 27.3 Å². The van der Waals surface area contributed by atoms with Gasteiger partial charge in [-0.15, -0.1) is 11.3 Å². The Kier molecular flexibility index (Phi) is 10.4. The fourth-order valence-corrected chi connectivity index (χ4v) is 7.56. The maximum Gasteiger partial charge on any atom is 0.270 e. The zero-order chi connectivity index (χ0) is 33.9. The summed E-state index contributed by atoms with van der Waals surface area (Å²) in [6.07, 6.45) is 6.40. The Morgan fingerprint density at radius 3 is 2.28 bits per heavy atom. The first kappa shape index (κ1) is 34.6. The van der Waals surface area contributed by atoms with E-state index in [0.717, 1.165) is 57.5 Å². The highest BCUT2D eigenvalue weighted by Crippen LogP contribution is 2.33. The molecule has 2 N–H and O–H groups in total. The zero-order valence-electron chi connectivity index (χ0n) is 28.1. The minimum absolute atomic E-state index is 0.0467. The summed E-state index contributed by atoms with van der Waals surface area (Å²) in [6.45, 7) is 10.7. The van der Waals surface area contributed by atoms with Gasteiger partial charge >= 0.3 is 0 Å². The van der Waals surface area contributed by atoms with Crippen LogP contribution in [0.15, 0.2) is 60.7 Å². The second kappa shape index (κ2) is 14.2. The van der Waals surface area contributed by atoms with E-state index in [-0.39, 0.29) is 17.5 Å². The fraction of sp³-hybridized carbons (Fsp3) is 0.432. The number of sulfonamides is 1. The van der Waals surface area contributed by atoms with Crippen molar-refractivity contribution in [3.05, 3.63) is 87.4 Å². The lowest BCUT2D eigenvalue weighted by molar-refractivity contribution is -0.121. The fourth-order valence-electron chi connectivity index (χ4n) is 5.99. The van der Waals surface area contributed by atoms with Gasteiger partial charge in [-0.3, -0.25) is 14.3 Å². The third-order valence-corrected chi connectivity index (χ3v) is 10.6. The van der Waals surface area contributed by atoms with Gasteiger partial charge in [0.25, 0.3) is 11.8 Å². The predicted octanol–water partition coefficient (Wildman–Crippen LogP) is 7.66. The first-order valence-electron chi connectivity index (χ1n) is 16.3. The van der Waals surface area contributed by atoms with Crippen LogP contribution in [-0.4, -0.2) is 37.5 Å². The molecule has 2 aromatic heterocycles. The van der Waals surface area contributed by atoms with Crippen LogP contribution in [-0.2, 0) is 33.1 Å². The van der Waals surface area contributed by atoms with Crippen LogP contribution < -0.4 is 14.8 Å². The molecule has 0 spiro atoms. The van der Waals surface area contributed by atoms with E-state index < -0.39 is 27.9 Å². The minimum atomic E-state index is -3.83. The largest absolute Gasteiger partial charge is 0.457 e. The molecule has 2 amide bonds. The van der Waals surface area contributed by atoms with Gasteiger partial charge in [-0.1, -0.05) is 78.5 Å². The number of benzene rings is 2. The molecule has 0 radical (unpaired) electrons. The van der Waals surface area contributed by atoms with Crippen molar-refractivity contribution in [3.63, 3.8) is 0 Å². The van der Waals surface area contributed by atoms with Crippen molar-refractivity contribution >= 4 is 43.9 Å². The van der Waals surface area contributed by atoms with Crippen molar-refractivity contribution in [1.29, 1.82) is 0 Å². The molecule has 1 atom stereocenters. The number of hydrogen-bond donors (Lipinski definition) is 2. The standard InChI is InChI=1S/C37H45N3O5S2/c1-23(2)34-18-17-29(46-34)22-33(36(42)40-47(6,43)44)39-35(41)32-20-25-11-14-28(45-27-15-12-26(13-16-27)37(3,4)5)21-30(25)31(38-32)19-24-9-7-8-10-24/h11-18,20-21,23-24,33H,7-10,19,22H2,1-6H3,(H,39,41)(H,40,42)/t33-/m1/s1. The predicted molar refractivity (Wildman–Crippen MR) is 189 cm³/mol. The molecule has 4 aromatic rings. The van der Waals surface area contributed by atoms with Crippen LogP contribution in [0.1, 0.15) is 97.7 Å². The number of carbonyl (C=O) groups is 2. The Morgan fingerprint density at radius 1 is 0.979 bits per heavy atom. The Balaban J connectivity index is 1.44. The number of aromatic nitrogens is 1. The number of rotatable bonds is 11. The molecule has 5 rings (SSSR count). The van der Waals surface area contributed by atoms with Crippen molar-refractivity contribution in [2.75, 3.05) is 6.26 Å². The molecule has 2 heterocycles. The third-order valence-electron chi connectivity index (χ3n) is 8.59. The molecule has 1 saturated carbocycles. The highest BCUT2D eigenvalue weighted by molar-refractivity contribution is 7.89. The smallest absolute Gasteiger partial charge is 0.270 e. The third kappa shape index (κ3) is 9.20. The van der Waals surface area contributed by atoms with E-state index in [1.54, 1.807) is 17.4 Å². The Hall–Kier alpha value is -3.76. The molecule has 1 aliphatic rings. The average Bonchev–Trinajstić information content (AvgIpc) is 3.68. The van der Waals surface area contributed by atoms with Crippen LogP contribution in [0.4, 0.5) is 0 Å². The first-order chi connectivity index (χ1) is 22.1. The summed E-state index contributed by atoms with van der Waals surface area (Å²) in [5, 5.41) is 4.55. The van der Waals surface area contributed by atoms with Crippen LogP contribution in [0.25, 0.3) is 10.8 Å². The average molecular weight is 676 g/mol. The SMILES string of the molecule is CC(C)c1ccc(C[C@@H](NC(=O)c2cc3ccc(Oc4ccc(C(C)(C)C)cc4)cc3c(CC3CCCC3)n2)C(=O)NS(C)(=O)=O)s1. The number of thiophene rings is 1. The molecule has 1 fully saturated rings. The lowest BCUT2D eigenvalue weighted by Crippen LogP contribution is -2.49. The van der Waals surface area contributed by atoms with Gasteiger partial charge < -0.3 is 10.1 Å². The topological polar surface area (TPSA) is 114 Å². The number of nitrogens with one attached hydrogen (secondary N) is 2. The van der Waals surface area contributed by atoms with Gasteiger partial charge in [-0.25, -0.2) is 13.4 Å². The molecule has 0 saturated heterocycles. The summed E-state index contributed by atoms with van der Waals surface area (Å²) in [6, 6.07) is 18.4. The van der Waals surface area contributed by atoms with Crippen molar-refractivity contribution < 1.29 is 22.7 Å². The van der Waals surface area contributed by atoms with Crippen molar-refractivity contribution in [1.82, 2.24) is 15.0 Å². The molecular formula is C37H45N3O5S2. The van der Waals surface area contributed by atoms with E-state index in [1.807, 2.05) is 47.2 Å². The van der Waals surface area contributed by atoms with Crippen LogP contribution in [0.3, 0.4) is 0 Å². The highest BCUT2D eigenvalue weighted by Gasteiger charge is 2.27. The maximum atomic E-state index is 13.7. The molecule has 47 heavy (non-hydrogen) atoms. The molecule has 0 unspecified atom stereocenters. The number of hydrogen-bond acceptors (Lipinski definition) is 7. The summed E-state index contributed by atoms with van der Waals surface area (Å²) in [5.74, 6) is 0.885. The highest BCUT2D eigenvalue weighted by atomic mass is 32.2. The lowest BCUT2D eigenvalue weighted by Gasteiger charge is -2.19. The number of carbonyl (C=O) groups excluding carboxylic acids is 2. The molecule has 1 aliphatic carbocycles. The van der Waals surface area contributed by atoms with Crippen molar-refractivity contribution in [2.24, 2.45) is 5.92 Å². The number of pyridine rings is 1. The van der Waals surface area contributed by atoms with Crippen LogP contribution in [0.5, 0.6) is 11.5 Å². The zero-order valence-corrected chi connectivity index (χ0v) is 29.7. The number of amides is 2. The Labute approximate surface area is 282 Å². The molecule has 2 aromatic carbocycles. The van der Waals surface area contributed by atoms with E-state index in [1.165, 1.54) is 18.4 Å². The summed E-state index contributed by atoms with van der Waals surface area (Å²) in [4.78, 5) is 33.7. The number of ether oxygens (including phenoxy) is 1. The first-order valence-corrected chi connectivity index (χ1v) is 19.0. The molecule has 8 nitrogen and oxygen atoms in total. The summed E-state index contributed by atoms with van der Waals surface area (Å²) >= 11 is 1.54. The second-order valence-corrected chi connectivity index (χ2v) is 16.9. The van der Waals surface area contributed by atoms with E-state index in [0.29, 0.717) is 17.6 Å². The quantitative estimate of drug-likeness (QED) is 0.169. The normalized spacial score (nSPS) is 14.8. The van der Waals surface area contributed by atoms with E-state index in [2.05, 4.69) is 52.1 Å². The molecular weight excluding hydrogens is 631 g/mol. The minimum Gasteiger partial charge on any atom is -0.457 e. The van der Waals surface area contributed by atoms with Gasteiger partial charge in [0.15, 0.2) is 0 Å². The van der Waals surface area contributed by atoms with E-state index in [4.69, 9.17) is 9.72 Å². The van der Waals surface area contributed by atoms with Gasteiger partial charge in [0.1, 0.15) is 23.2 Å². The van der Waals surface area contributed by atoms with Crippen LogP contribution in [0.2, 0.25) is 0 Å². The molecule has 0 bridgehead atoms. The van der Waals surface area contributed by atoms with Gasteiger partial charge in [-0.05, 0) is 77.1 Å². The van der Waals surface area contributed by atoms with E-state index in [9.17, 15) is 18.0 Å². The lowest BCUT2D eigenvalue weighted by atomic mass is 9.87. The Bertz CT molecular complexity index is 1850. The maximum absolute atomic E-state index is 13.7. The second-order valence-electron chi connectivity index (χ2n) is 14.0. The van der Waals surface area contributed by atoms with Gasteiger partial charge in [-0.2, -0.15) is 0 Å². The summed E-state index contributed by atoms with van der Waals surface area (Å²) in [5.41, 5.74) is 2.27. The van der Waals surface area contributed by atoms with Gasteiger partial charge in [0.05, 0.1) is 6.26 Å². The van der Waals surface area contributed by atoms with Gasteiger partial charge in [0.2, 0.25) is 10.0 Å². The monoisotopic (exact) mass is 675 g/mol.